The third kappa shape index (κ3) is 6.04. The third-order valence-electron chi connectivity index (χ3n) is 2.55. The van der Waals surface area contributed by atoms with Crippen LogP contribution in [0.15, 0.2) is 24.3 Å². The van der Waals surface area contributed by atoms with Crippen LogP contribution in [0.2, 0.25) is 0 Å². The van der Waals surface area contributed by atoms with E-state index in [1.165, 1.54) is 0 Å². The van der Waals surface area contributed by atoms with Gasteiger partial charge in [0.15, 0.2) is 0 Å². The lowest BCUT2D eigenvalue weighted by Gasteiger charge is -2.12. The average Bonchev–Trinajstić information content (AvgIpc) is 2.37. The average molecular weight is 286 g/mol. The van der Waals surface area contributed by atoms with Crippen LogP contribution in [-0.2, 0) is 21.3 Å². The quantitative estimate of drug-likeness (QED) is 0.676. The Hall–Kier alpha value is -1.11. The van der Waals surface area contributed by atoms with E-state index in [2.05, 4.69) is 10.0 Å². The summed E-state index contributed by atoms with van der Waals surface area (Å²) in [5.41, 5.74) is 1.56. The number of para-hydroxylation sites is 1. The Morgan fingerprint density at radius 2 is 1.95 bits per heavy atom. The number of hydrogen-bond donors (Lipinski definition) is 2. The van der Waals surface area contributed by atoms with Gasteiger partial charge in [0, 0.05) is 13.2 Å². The zero-order chi connectivity index (χ0) is 14.1. The van der Waals surface area contributed by atoms with Gasteiger partial charge in [-0.25, -0.2) is 8.42 Å². The molecule has 6 heteroatoms. The molecule has 0 fully saturated rings. The summed E-state index contributed by atoms with van der Waals surface area (Å²) in [6.45, 7) is 6.06. The molecule has 1 aromatic carbocycles. The number of anilines is 1. The molecule has 0 aliphatic carbocycles. The molecule has 0 aromatic heterocycles. The maximum atomic E-state index is 11.9. The molecule has 5 nitrogen and oxygen atoms in total. The van der Waals surface area contributed by atoms with Gasteiger partial charge in [0.25, 0.3) is 0 Å². The van der Waals surface area contributed by atoms with E-state index < -0.39 is 10.0 Å². The normalized spacial score (nSPS) is 11.5. The molecule has 0 unspecified atom stereocenters. The van der Waals surface area contributed by atoms with Crippen molar-refractivity contribution < 1.29 is 13.2 Å². The monoisotopic (exact) mass is 286 g/mol. The van der Waals surface area contributed by atoms with Crippen LogP contribution in [0.4, 0.5) is 5.69 Å². The Kier molecular flexibility index (Phi) is 6.83. The molecule has 0 radical (unpaired) electrons. The summed E-state index contributed by atoms with van der Waals surface area (Å²) in [7, 11) is -3.36. The maximum Gasteiger partial charge on any atom is 0.235 e. The molecule has 19 heavy (non-hydrogen) atoms. The number of ether oxygens (including phenoxy) is 1. The molecule has 0 spiro atoms. The van der Waals surface area contributed by atoms with Crippen LogP contribution in [-0.4, -0.2) is 33.9 Å². The molecule has 0 bridgehead atoms. The van der Waals surface area contributed by atoms with Crippen molar-refractivity contribution in [2.45, 2.75) is 20.4 Å². The van der Waals surface area contributed by atoms with Crippen molar-refractivity contribution >= 4 is 15.7 Å². The molecule has 1 rings (SSSR count). The van der Waals surface area contributed by atoms with Crippen molar-refractivity contribution in [2.75, 3.05) is 30.2 Å². The fourth-order valence-electron chi connectivity index (χ4n) is 1.57. The Morgan fingerprint density at radius 1 is 1.21 bits per heavy atom. The first-order valence-corrected chi connectivity index (χ1v) is 8.11. The van der Waals surface area contributed by atoms with Gasteiger partial charge in [0.2, 0.25) is 10.0 Å². The van der Waals surface area contributed by atoms with Crippen LogP contribution in [0, 0.1) is 0 Å². The molecule has 0 heterocycles. The number of benzene rings is 1. The molecule has 0 aliphatic heterocycles. The molecule has 0 amide bonds. The second-order valence-electron chi connectivity index (χ2n) is 4.06. The number of nitrogens with one attached hydrogen (secondary N) is 2. The molecule has 0 saturated heterocycles. The van der Waals surface area contributed by atoms with Gasteiger partial charge in [0.05, 0.1) is 18.0 Å². The zero-order valence-electron chi connectivity index (χ0n) is 11.5. The predicted octanol–water partition coefficient (Wildman–Crippen LogP) is 1.57. The second kappa shape index (κ2) is 8.14. The summed E-state index contributed by atoms with van der Waals surface area (Å²) in [5, 5.41) is 3.18. The van der Waals surface area contributed by atoms with E-state index in [0.29, 0.717) is 18.8 Å². The van der Waals surface area contributed by atoms with Crippen molar-refractivity contribution in [3.8, 4) is 0 Å². The smallest absolute Gasteiger partial charge is 0.235 e. The summed E-state index contributed by atoms with van der Waals surface area (Å²) in [5.74, 6) is -0.0314. The lowest BCUT2D eigenvalue weighted by molar-refractivity contribution is 0.163. The van der Waals surface area contributed by atoms with Crippen LogP contribution >= 0.6 is 0 Å². The van der Waals surface area contributed by atoms with Gasteiger partial charge in [-0.3, -0.25) is 4.72 Å². The van der Waals surface area contributed by atoms with E-state index >= 15 is 0 Å². The first kappa shape index (κ1) is 15.9. The summed E-state index contributed by atoms with van der Waals surface area (Å²) in [6.07, 6.45) is 0. The molecule has 0 atom stereocenters. The van der Waals surface area contributed by atoms with Crippen molar-refractivity contribution in [2.24, 2.45) is 0 Å². The maximum absolute atomic E-state index is 11.9. The van der Waals surface area contributed by atoms with Gasteiger partial charge in [-0.2, -0.15) is 0 Å². The Bertz CT molecular complexity index is 475. The Morgan fingerprint density at radius 3 is 2.63 bits per heavy atom. The van der Waals surface area contributed by atoms with E-state index in [1.54, 1.807) is 6.07 Å². The van der Waals surface area contributed by atoms with Crippen LogP contribution < -0.4 is 10.0 Å². The third-order valence-corrected chi connectivity index (χ3v) is 3.78. The van der Waals surface area contributed by atoms with E-state index in [4.69, 9.17) is 4.74 Å². The minimum Gasteiger partial charge on any atom is -0.381 e. The highest BCUT2D eigenvalue weighted by Gasteiger charge is 2.12. The lowest BCUT2D eigenvalue weighted by Crippen LogP contribution is -2.22. The first-order chi connectivity index (χ1) is 9.09. The van der Waals surface area contributed by atoms with Crippen molar-refractivity contribution in [1.29, 1.82) is 0 Å². The highest BCUT2D eigenvalue weighted by molar-refractivity contribution is 7.92. The van der Waals surface area contributed by atoms with Gasteiger partial charge in [-0.05, 0) is 25.1 Å². The summed E-state index contributed by atoms with van der Waals surface area (Å²) in [6, 6.07) is 7.38. The van der Waals surface area contributed by atoms with Gasteiger partial charge in [0.1, 0.15) is 0 Å². The summed E-state index contributed by atoms with van der Waals surface area (Å²) in [4.78, 5) is 0. The molecular weight excluding hydrogens is 264 g/mol. The predicted molar refractivity (Wildman–Crippen MR) is 77.7 cm³/mol. The van der Waals surface area contributed by atoms with Crippen LogP contribution in [0.5, 0.6) is 0 Å². The van der Waals surface area contributed by atoms with Crippen LogP contribution in [0.3, 0.4) is 0 Å². The number of sulfonamides is 1. The van der Waals surface area contributed by atoms with E-state index in [1.807, 2.05) is 32.0 Å². The minimum atomic E-state index is -3.36. The van der Waals surface area contributed by atoms with E-state index in [0.717, 1.165) is 12.1 Å². The zero-order valence-corrected chi connectivity index (χ0v) is 12.3. The van der Waals surface area contributed by atoms with Gasteiger partial charge >= 0.3 is 0 Å². The molecule has 2 N–H and O–H groups in total. The summed E-state index contributed by atoms with van der Waals surface area (Å²) < 4.78 is 31.5. The molecule has 1 aromatic rings. The Labute approximate surface area is 115 Å². The minimum absolute atomic E-state index is 0.0314. The SMILES string of the molecule is CCNCc1ccccc1NS(=O)(=O)CCOCC. The second-order valence-corrected chi connectivity index (χ2v) is 5.90. The molecule has 108 valence electrons. The largest absolute Gasteiger partial charge is 0.381 e. The van der Waals surface area contributed by atoms with Crippen molar-refractivity contribution in [3.63, 3.8) is 0 Å². The summed E-state index contributed by atoms with van der Waals surface area (Å²) >= 11 is 0. The fraction of sp³-hybridized carbons (Fsp3) is 0.538. The number of hydrogen-bond acceptors (Lipinski definition) is 4. The van der Waals surface area contributed by atoms with Crippen molar-refractivity contribution in [3.05, 3.63) is 29.8 Å². The van der Waals surface area contributed by atoms with Crippen LogP contribution in [0.25, 0.3) is 0 Å². The lowest BCUT2D eigenvalue weighted by atomic mass is 10.2. The van der Waals surface area contributed by atoms with E-state index in [-0.39, 0.29) is 12.4 Å². The fourth-order valence-corrected chi connectivity index (χ4v) is 2.54. The topological polar surface area (TPSA) is 67.4 Å². The molecule has 0 aliphatic rings. The number of rotatable bonds is 9. The van der Waals surface area contributed by atoms with Crippen molar-refractivity contribution in [1.82, 2.24) is 5.32 Å². The van der Waals surface area contributed by atoms with Gasteiger partial charge < -0.3 is 10.1 Å². The molecule has 0 saturated carbocycles. The van der Waals surface area contributed by atoms with Crippen LogP contribution in [0.1, 0.15) is 19.4 Å². The van der Waals surface area contributed by atoms with Gasteiger partial charge in [-0.15, -0.1) is 0 Å². The standard InChI is InChI=1S/C13H22N2O3S/c1-3-14-11-12-7-5-6-8-13(12)15-19(16,17)10-9-18-4-2/h5-8,14-15H,3-4,9-11H2,1-2H3. The van der Waals surface area contributed by atoms with Gasteiger partial charge in [-0.1, -0.05) is 25.1 Å². The first-order valence-electron chi connectivity index (χ1n) is 6.46. The van der Waals surface area contributed by atoms with E-state index in [9.17, 15) is 8.42 Å². The Balaban J connectivity index is 2.69. The highest BCUT2D eigenvalue weighted by atomic mass is 32.2. The highest BCUT2D eigenvalue weighted by Crippen LogP contribution is 2.16. The molecular formula is C13H22N2O3S.